The largest absolute Gasteiger partial charge is 0.490 e. The van der Waals surface area contributed by atoms with Gasteiger partial charge in [0.1, 0.15) is 11.8 Å². The Balaban J connectivity index is 1.45. The second-order valence-electron chi connectivity index (χ2n) is 7.64. The first-order valence-corrected chi connectivity index (χ1v) is 10.6. The number of benzene rings is 1. The van der Waals surface area contributed by atoms with E-state index in [9.17, 15) is 0 Å². The molecule has 0 bridgehead atoms. The molecule has 2 aliphatic rings. The third kappa shape index (κ3) is 3.60. The van der Waals surface area contributed by atoms with Gasteiger partial charge in [0.15, 0.2) is 5.11 Å². The third-order valence-corrected chi connectivity index (χ3v) is 6.07. The maximum Gasteiger partial charge on any atom is 0.174 e. The fourth-order valence-corrected chi connectivity index (χ4v) is 4.71. The number of aromatic amines is 1. The fraction of sp³-hybridized carbons (Fsp3) is 0.304. The summed E-state index contributed by atoms with van der Waals surface area (Å²) in [6.07, 6.45) is 8.97. The summed E-state index contributed by atoms with van der Waals surface area (Å²) in [6, 6.07) is 18.3. The smallest absolute Gasteiger partial charge is 0.174 e. The normalized spacial score (nSPS) is 22.1. The highest BCUT2D eigenvalue weighted by Gasteiger charge is 2.41. The van der Waals surface area contributed by atoms with Crippen LogP contribution in [0.5, 0.6) is 5.75 Å². The van der Waals surface area contributed by atoms with Gasteiger partial charge in [-0.1, -0.05) is 6.07 Å². The van der Waals surface area contributed by atoms with Crippen LogP contribution in [0, 0.1) is 0 Å². The van der Waals surface area contributed by atoms with E-state index in [0.29, 0.717) is 11.2 Å². The number of aromatic nitrogens is 2. The van der Waals surface area contributed by atoms with E-state index >= 15 is 0 Å². The van der Waals surface area contributed by atoms with E-state index in [2.05, 4.69) is 50.5 Å². The van der Waals surface area contributed by atoms with E-state index < -0.39 is 0 Å². The zero-order chi connectivity index (χ0) is 19.6. The standard InChI is InChI=1S/C23H24N4OS/c29-23-26-21(19-8-3-4-14-24-19)22(20-9-5-15-25-20)27(23)16-10-12-18(13-11-16)28-17-6-1-2-7-17/h3-5,8-15,17,21-22,25H,1-2,6-7H2,(H,26,29)/t21-,22-/m1/s1. The molecule has 2 fully saturated rings. The van der Waals surface area contributed by atoms with Crippen LogP contribution in [0.4, 0.5) is 5.69 Å². The van der Waals surface area contributed by atoms with E-state index in [1.54, 1.807) is 0 Å². The third-order valence-electron chi connectivity index (χ3n) is 5.76. The summed E-state index contributed by atoms with van der Waals surface area (Å²) in [7, 11) is 0. The molecule has 2 aromatic heterocycles. The van der Waals surface area contributed by atoms with Crippen LogP contribution < -0.4 is 15.0 Å². The van der Waals surface area contributed by atoms with Crippen LogP contribution in [0.2, 0.25) is 0 Å². The van der Waals surface area contributed by atoms with Crippen molar-refractivity contribution in [2.45, 2.75) is 43.9 Å². The lowest BCUT2D eigenvalue weighted by Crippen LogP contribution is -2.29. The summed E-state index contributed by atoms with van der Waals surface area (Å²) in [4.78, 5) is 10.1. The number of anilines is 1. The van der Waals surface area contributed by atoms with Gasteiger partial charge in [0.25, 0.3) is 0 Å². The first-order valence-electron chi connectivity index (χ1n) is 10.2. The predicted molar refractivity (Wildman–Crippen MR) is 118 cm³/mol. The summed E-state index contributed by atoms with van der Waals surface area (Å²) in [5, 5.41) is 4.17. The minimum atomic E-state index is -0.0308. The Morgan fingerprint density at radius 2 is 1.83 bits per heavy atom. The highest BCUT2D eigenvalue weighted by atomic mass is 32.1. The van der Waals surface area contributed by atoms with E-state index in [4.69, 9.17) is 17.0 Å². The zero-order valence-electron chi connectivity index (χ0n) is 16.1. The lowest BCUT2D eigenvalue weighted by Gasteiger charge is -2.27. The van der Waals surface area contributed by atoms with Gasteiger partial charge in [-0.25, -0.2) is 0 Å². The van der Waals surface area contributed by atoms with Crippen LogP contribution in [0.1, 0.15) is 49.2 Å². The molecule has 1 aromatic carbocycles. The van der Waals surface area contributed by atoms with Gasteiger partial charge in [-0.2, -0.15) is 0 Å². The summed E-state index contributed by atoms with van der Waals surface area (Å²) < 4.78 is 6.13. The average Bonchev–Trinajstić information content (AvgIpc) is 3.50. The lowest BCUT2D eigenvalue weighted by molar-refractivity contribution is 0.210. The maximum absolute atomic E-state index is 6.13. The molecule has 1 saturated heterocycles. The number of hydrogen-bond acceptors (Lipinski definition) is 3. The molecular formula is C23H24N4OS. The molecule has 5 nitrogen and oxygen atoms in total. The van der Waals surface area contributed by atoms with Crippen molar-refractivity contribution in [2.75, 3.05) is 4.90 Å². The van der Waals surface area contributed by atoms with E-state index in [0.717, 1.165) is 35.7 Å². The molecule has 1 aliphatic carbocycles. The molecule has 2 atom stereocenters. The van der Waals surface area contributed by atoms with Gasteiger partial charge in [-0.05, 0) is 86.4 Å². The summed E-state index contributed by atoms with van der Waals surface area (Å²) in [5.41, 5.74) is 3.11. The molecule has 5 rings (SSSR count). The fourth-order valence-electron chi connectivity index (χ4n) is 4.36. The van der Waals surface area contributed by atoms with Gasteiger partial charge < -0.3 is 19.9 Å². The number of thiocarbonyl (C=S) groups is 1. The average molecular weight is 405 g/mol. The molecule has 0 spiro atoms. The van der Waals surface area contributed by atoms with Crippen LogP contribution in [-0.2, 0) is 0 Å². The van der Waals surface area contributed by atoms with Gasteiger partial charge in [-0.15, -0.1) is 0 Å². The number of pyridine rings is 1. The molecule has 2 N–H and O–H groups in total. The zero-order valence-corrected chi connectivity index (χ0v) is 16.9. The van der Waals surface area contributed by atoms with Gasteiger partial charge in [0.05, 0.1) is 17.8 Å². The number of rotatable bonds is 5. The van der Waals surface area contributed by atoms with Crippen LogP contribution in [0.15, 0.2) is 67.0 Å². The Morgan fingerprint density at radius 1 is 1.00 bits per heavy atom. The molecule has 6 heteroatoms. The van der Waals surface area contributed by atoms with Crippen molar-refractivity contribution in [3.8, 4) is 5.75 Å². The van der Waals surface area contributed by atoms with Crippen LogP contribution >= 0.6 is 12.2 Å². The summed E-state index contributed by atoms with van der Waals surface area (Å²) in [6.45, 7) is 0. The van der Waals surface area contributed by atoms with Crippen LogP contribution in [0.25, 0.3) is 0 Å². The predicted octanol–water partition coefficient (Wildman–Crippen LogP) is 4.91. The second kappa shape index (κ2) is 7.87. The second-order valence-corrected chi connectivity index (χ2v) is 8.03. The number of nitrogens with zero attached hydrogens (tertiary/aromatic N) is 2. The number of nitrogens with one attached hydrogen (secondary N) is 2. The number of hydrogen-bond donors (Lipinski definition) is 2. The Hall–Kier alpha value is -2.86. The van der Waals surface area contributed by atoms with Crippen molar-refractivity contribution < 1.29 is 4.74 Å². The minimum Gasteiger partial charge on any atom is -0.490 e. The first kappa shape index (κ1) is 18.2. The van der Waals surface area contributed by atoms with Crippen molar-refractivity contribution in [1.29, 1.82) is 0 Å². The molecule has 29 heavy (non-hydrogen) atoms. The van der Waals surface area contributed by atoms with Gasteiger partial charge in [0.2, 0.25) is 0 Å². The quantitative estimate of drug-likeness (QED) is 0.592. The number of ether oxygens (including phenoxy) is 1. The summed E-state index contributed by atoms with van der Waals surface area (Å²) >= 11 is 5.74. The Bertz CT molecular complexity index is 952. The van der Waals surface area contributed by atoms with Gasteiger partial charge in [0, 0.05) is 23.8 Å². The van der Waals surface area contributed by atoms with Crippen molar-refractivity contribution in [1.82, 2.24) is 15.3 Å². The SMILES string of the molecule is S=C1N[C@H](c2ccccn2)[C@@H](c2ccc[nH]2)N1c1ccc(OC2CCCC2)cc1. The molecule has 148 valence electrons. The topological polar surface area (TPSA) is 53.2 Å². The van der Waals surface area contributed by atoms with Crippen molar-refractivity contribution in [2.24, 2.45) is 0 Å². The highest BCUT2D eigenvalue weighted by molar-refractivity contribution is 7.80. The summed E-state index contributed by atoms with van der Waals surface area (Å²) in [5.74, 6) is 0.927. The van der Waals surface area contributed by atoms with Crippen LogP contribution in [0.3, 0.4) is 0 Å². The highest BCUT2D eigenvalue weighted by Crippen LogP contribution is 2.41. The van der Waals surface area contributed by atoms with Crippen molar-refractivity contribution >= 4 is 23.0 Å². The van der Waals surface area contributed by atoms with Gasteiger partial charge >= 0.3 is 0 Å². The molecule has 0 radical (unpaired) electrons. The van der Waals surface area contributed by atoms with Gasteiger partial charge in [-0.3, -0.25) is 4.98 Å². The lowest BCUT2D eigenvalue weighted by atomic mass is 10.0. The molecule has 1 saturated carbocycles. The monoisotopic (exact) mass is 404 g/mol. The molecule has 0 amide bonds. The Morgan fingerprint density at radius 3 is 2.52 bits per heavy atom. The van der Waals surface area contributed by atoms with E-state index in [1.807, 2.05) is 36.7 Å². The first-order chi connectivity index (χ1) is 14.3. The van der Waals surface area contributed by atoms with E-state index in [1.165, 1.54) is 12.8 Å². The molecule has 0 unspecified atom stereocenters. The Kier molecular flexibility index (Phi) is 4.94. The maximum atomic E-state index is 6.13. The Labute approximate surface area is 176 Å². The van der Waals surface area contributed by atoms with Crippen molar-refractivity contribution in [3.63, 3.8) is 0 Å². The van der Waals surface area contributed by atoms with Crippen molar-refractivity contribution in [3.05, 3.63) is 78.4 Å². The molecule has 1 aliphatic heterocycles. The minimum absolute atomic E-state index is 0.00556. The molecule has 3 heterocycles. The number of H-pyrrole nitrogens is 1. The molecule has 3 aromatic rings. The van der Waals surface area contributed by atoms with Crippen LogP contribution in [-0.4, -0.2) is 21.2 Å². The molecular weight excluding hydrogens is 380 g/mol. The van der Waals surface area contributed by atoms with E-state index in [-0.39, 0.29) is 12.1 Å².